The lowest BCUT2D eigenvalue weighted by Gasteiger charge is -2.34. The van der Waals surface area contributed by atoms with Crippen molar-refractivity contribution in [1.29, 1.82) is 0 Å². The largest absolute Gasteiger partial charge is 0.351 e. The van der Waals surface area contributed by atoms with Crippen LogP contribution in [-0.2, 0) is 14.4 Å². The Balaban J connectivity index is 1.83. The SMILES string of the molecule is CC(=O)N/C(=C\c1ccc(Cl)cc1)C(=O)N(c1ccccc1)C(C(=O)NC1CCCCC1)c1cccc(F)c1. The normalized spacial score (nSPS) is 14.8. The Hall–Kier alpha value is -3.97. The molecule has 1 aliphatic carbocycles. The van der Waals surface area contributed by atoms with Crippen LogP contribution in [0.25, 0.3) is 6.08 Å². The van der Waals surface area contributed by atoms with E-state index in [-0.39, 0.29) is 11.7 Å². The molecule has 1 unspecified atom stereocenters. The number of hydrogen-bond acceptors (Lipinski definition) is 3. The topological polar surface area (TPSA) is 78.5 Å². The van der Waals surface area contributed by atoms with Crippen LogP contribution in [0.1, 0.15) is 56.2 Å². The summed E-state index contributed by atoms with van der Waals surface area (Å²) in [4.78, 5) is 41.7. The molecule has 202 valence electrons. The molecule has 1 saturated carbocycles. The molecule has 1 atom stereocenters. The van der Waals surface area contributed by atoms with Crippen molar-refractivity contribution in [2.75, 3.05) is 4.90 Å². The summed E-state index contributed by atoms with van der Waals surface area (Å²) >= 11 is 6.02. The predicted octanol–water partition coefficient (Wildman–Crippen LogP) is 6.18. The van der Waals surface area contributed by atoms with Crippen LogP contribution in [-0.4, -0.2) is 23.8 Å². The molecular formula is C31H31ClFN3O3. The van der Waals surface area contributed by atoms with Crippen LogP contribution >= 0.6 is 11.6 Å². The number of carbonyl (C=O) groups is 3. The highest BCUT2D eigenvalue weighted by molar-refractivity contribution is 6.30. The van der Waals surface area contributed by atoms with E-state index in [0.717, 1.165) is 32.1 Å². The van der Waals surface area contributed by atoms with Crippen LogP contribution in [0.15, 0.2) is 84.6 Å². The molecule has 3 aromatic rings. The predicted molar refractivity (Wildman–Crippen MR) is 151 cm³/mol. The summed E-state index contributed by atoms with van der Waals surface area (Å²) in [5.41, 5.74) is 1.32. The molecular weight excluding hydrogens is 517 g/mol. The summed E-state index contributed by atoms with van der Waals surface area (Å²) < 4.78 is 14.5. The fourth-order valence-electron chi connectivity index (χ4n) is 4.79. The quantitative estimate of drug-likeness (QED) is 0.331. The van der Waals surface area contributed by atoms with Gasteiger partial charge in [-0.2, -0.15) is 0 Å². The Morgan fingerprint density at radius 3 is 2.28 bits per heavy atom. The molecule has 39 heavy (non-hydrogen) atoms. The minimum Gasteiger partial charge on any atom is -0.351 e. The molecule has 0 saturated heterocycles. The number of nitrogens with zero attached hydrogens (tertiary/aromatic N) is 1. The van der Waals surface area contributed by atoms with Gasteiger partial charge in [0.1, 0.15) is 17.6 Å². The van der Waals surface area contributed by atoms with E-state index in [1.807, 2.05) is 0 Å². The summed E-state index contributed by atoms with van der Waals surface area (Å²) in [5.74, 6) is -2.02. The number of rotatable bonds is 8. The van der Waals surface area contributed by atoms with Crippen molar-refractivity contribution in [1.82, 2.24) is 10.6 Å². The zero-order valence-electron chi connectivity index (χ0n) is 21.7. The third-order valence-electron chi connectivity index (χ3n) is 6.60. The summed E-state index contributed by atoms with van der Waals surface area (Å²) in [6.45, 7) is 1.30. The number of amides is 3. The Morgan fingerprint density at radius 2 is 1.64 bits per heavy atom. The lowest BCUT2D eigenvalue weighted by atomic mass is 9.94. The molecule has 0 aromatic heterocycles. The summed E-state index contributed by atoms with van der Waals surface area (Å²) in [5, 5.41) is 6.25. The van der Waals surface area contributed by atoms with E-state index in [2.05, 4.69) is 10.6 Å². The molecule has 0 spiro atoms. The summed E-state index contributed by atoms with van der Waals surface area (Å²) in [7, 11) is 0. The Morgan fingerprint density at radius 1 is 0.949 bits per heavy atom. The maximum absolute atomic E-state index is 14.5. The van der Waals surface area contributed by atoms with Crippen molar-refractivity contribution in [2.24, 2.45) is 0 Å². The van der Waals surface area contributed by atoms with Crippen LogP contribution in [0.4, 0.5) is 10.1 Å². The van der Waals surface area contributed by atoms with E-state index in [1.165, 1.54) is 36.1 Å². The highest BCUT2D eigenvalue weighted by atomic mass is 35.5. The molecule has 3 aromatic carbocycles. The monoisotopic (exact) mass is 547 g/mol. The Bertz CT molecular complexity index is 1340. The zero-order chi connectivity index (χ0) is 27.8. The molecule has 0 aliphatic heterocycles. The maximum atomic E-state index is 14.5. The van der Waals surface area contributed by atoms with Crippen molar-refractivity contribution in [2.45, 2.75) is 51.1 Å². The van der Waals surface area contributed by atoms with Gasteiger partial charge in [-0.15, -0.1) is 0 Å². The Kier molecular flexibility index (Phi) is 9.49. The van der Waals surface area contributed by atoms with E-state index < -0.39 is 29.6 Å². The smallest absolute Gasteiger partial charge is 0.275 e. The van der Waals surface area contributed by atoms with Crippen molar-refractivity contribution in [3.05, 3.63) is 107 Å². The van der Waals surface area contributed by atoms with E-state index in [9.17, 15) is 18.8 Å². The van der Waals surface area contributed by atoms with Crippen LogP contribution in [0.2, 0.25) is 5.02 Å². The van der Waals surface area contributed by atoms with Gasteiger partial charge < -0.3 is 10.6 Å². The van der Waals surface area contributed by atoms with E-state index >= 15 is 0 Å². The first-order valence-corrected chi connectivity index (χ1v) is 13.4. The lowest BCUT2D eigenvalue weighted by molar-refractivity contribution is -0.126. The minimum atomic E-state index is -1.19. The minimum absolute atomic E-state index is 0.0329. The van der Waals surface area contributed by atoms with Gasteiger partial charge in [0.25, 0.3) is 5.91 Å². The molecule has 0 heterocycles. The van der Waals surface area contributed by atoms with Gasteiger partial charge in [-0.3, -0.25) is 19.3 Å². The lowest BCUT2D eigenvalue weighted by Crippen LogP contribution is -2.49. The highest BCUT2D eigenvalue weighted by Gasteiger charge is 2.36. The van der Waals surface area contributed by atoms with Crippen molar-refractivity contribution in [3.8, 4) is 0 Å². The second-order valence-corrected chi connectivity index (χ2v) is 10.0. The van der Waals surface area contributed by atoms with Gasteiger partial charge in [0.05, 0.1) is 0 Å². The molecule has 1 fully saturated rings. The molecule has 8 heteroatoms. The van der Waals surface area contributed by atoms with E-state index in [4.69, 9.17) is 11.6 Å². The number of para-hydroxylation sites is 1. The maximum Gasteiger partial charge on any atom is 0.275 e. The fraction of sp³-hybridized carbons (Fsp3) is 0.258. The van der Waals surface area contributed by atoms with Gasteiger partial charge in [0.15, 0.2) is 0 Å². The number of halogens is 2. The van der Waals surface area contributed by atoms with Crippen molar-refractivity contribution in [3.63, 3.8) is 0 Å². The number of hydrogen-bond donors (Lipinski definition) is 2. The first-order valence-electron chi connectivity index (χ1n) is 13.0. The molecule has 0 bridgehead atoms. The van der Waals surface area contributed by atoms with Crippen molar-refractivity contribution < 1.29 is 18.8 Å². The van der Waals surface area contributed by atoms with Crippen LogP contribution in [0.5, 0.6) is 0 Å². The molecule has 4 rings (SSSR count). The van der Waals surface area contributed by atoms with Gasteiger partial charge in [-0.1, -0.05) is 73.3 Å². The third kappa shape index (κ3) is 7.54. The van der Waals surface area contributed by atoms with Gasteiger partial charge in [0, 0.05) is 23.7 Å². The van der Waals surface area contributed by atoms with E-state index in [0.29, 0.717) is 21.8 Å². The Labute approximate surface area is 232 Å². The van der Waals surface area contributed by atoms with Gasteiger partial charge in [-0.25, -0.2) is 4.39 Å². The zero-order valence-corrected chi connectivity index (χ0v) is 22.5. The van der Waals surface area contributed by atoms with Gasteiger partial charge in [0.2, 0.25) is 11.8 Å². The average molecular weight is 548 g/mol. The molecule has 1 aliphatic rings. The van der Waals surface area contributed by atoms with E-state index in [1.54, 1.807) is 60.7 Å². The molecule has 2 N–H and O–H groups in total. The third-order valence-corrected chi connectivity index (χ3v) is 6.85. The first kappa shape index (κ1) is 28.0. The first-order chi connectivity index (χ1) is 18.8. The fourth-order valence-corrected chi connectivity index (χ4v) is 4.92. The van der Waals surface area contributed by atoms with Gasteiger partial charge in [-0.05, 0) is 66.4 Å². The second-order valence-electron chi connectivity index (χ2n) is 9.60. The molecule has 0 radical (unpaired) electrons. The molecule has 6 nitrogen and oxygen atoms in total. The number of nitrogens with one attached hydrogen (secondary N) is 2. The summed E-state index contributed by atoms with van der Waals surface area (Å²) in [6, 6.07) is 19.9. The number of benzene rings is 3. The number of carbonyl (C=O) groups excluding carboxylic acids is 3. The standard InChI is InChI=1S/C31H31ClFN3O3/c1-21(37)34-28(19-22-15-17-24(32)18-16-22)31(39)36(27-13-6-3-7-14-27)29(23-9-8-10-25(33)20-23)30(38)35-26-11-4-2-5-12-26/h3,6-10,13-20,26,29H,2,4-5,11-12H2,1H3,(H,34,37)(H,35,38)/b28-19-. The second kappa shape index (κ2) is 13.2. The average Bonchev–Trinajstić information content (AvgIpc) is 2.93. The van der Waals surface area contributed by atoms with Crippen LogP contribution in [0.3, 0.4) is 0 Å². The van der Waals surface area contributed by atoms with Crippen LogP contribution in [0, 0.1) is 5.82 Å². The highest BCUT2D eigenvalue weighted by Crippen LogP contribution is 2.31. The summed E-state index contributed by atoms with van der Waals surface area (Å²) in [6.07, 6.45) is 6.34. The van der Waals surface area contributed by atoms with Gasteiger partial charge >= 0.3 is 0 Å². The molecule has 3 amide bonds. The van der Waals surface area contributed by atoms with Crippen LogP contribution < -0.4 is 15.5 Å². The number of anilines is 1. The van der Waals surface area contributed by atoms with Crippen molar-refractivity contribution >= 4 is 41.1 Å².